The first-order chi connectivity index (χ1) is 9.44. The average molecular weight is 279 g/mol. The highest BCUT2D eigenvalue weighted by molar-refractivity contribution is 5.95. The highest BCUT2D eigenvalue weighted by Crippen LogP contribution is 2.38. The van der Waals surface area contributed by atoms with Gasteiger partial charge in [-0.15, -0.1) is 0 Å². The zero-order chi connectivity index (χ0) is 14.8. The fourth-order valence-corrected chi connectivity index (χ4v) is 2.71. The molecule has 0 radical (unpaired) electrons. The minimum absolute atomic E-state index is 0.179. The van der Waals surface area contributed by atoms with Gasteiger partial charge in [-0.05, 0) is 38.5 Å². The molecule has 1 aliphatic rings. The Balaban J connectivity index is 2.02. The van der Waals surface area contributed by atoms with E-state index in [0.717, 1.165) is 12.8 Å². The van der Waals surface area contributed by atoms with Gasteiger partial charge in [-0.3, -0.25) is 14.7 Å². The summed E-state index contributed by atoms with van der Waals surface area (Å²) in [4.78, 5) is 23.6. The van der Waals surface area contributed by atoms with Crippen LogP contribution in [-0.2, 0) is 4.79 Å². The van der Waals surface area contributed by atoms with Crippen LogP contribution in [0.25, 0.3) is 0 Å². The molecule has 1 saturated carbocycles. The van der Waals surface area contributed by atoms with E-state index in [2.05, 4.69) is 22.4 Å². The summed E-state index contributed by atoms with van der Waals surface area (Å²) in [6.07, 6.45) is 4.49. The number of carbonyl (C=O) groups excluding carboxylic acids is 1. The number of amides is 1. The maximum Gasteiger partial charge on any atom is 0.311 e. The van der Waals surface area contributed by atoms with E-state index in [1.807, 2.05) is 0 Å². The Morgan fingerprint density at radius 3 is 2.65 bits per heavy atom. The molecule has 1 amide bonds. The number of nitrogens with zero attached hydrogens (tertiary/aromatic N) is 1. The predicted molar refractivity (Wildman–Crippen MR) is 73.4 cm³/mol. The van der Waals surface area contributed by atoms with Gasteiger partial charge in [0, 0.05) is 12.2 Å². The van der Waals surface area contributed by atoms with Gasteiger partial charge in [-0.2, -0.15) is 5.10 Å². The lowest BCUT2D eigenvalue weighted by Crippen LogP contribution is -2.45. The number of carboxylic acid groups (broad SMARTS) is 1. The molecule has 110 valence electrons. The summed E-state index contributed by atoms with van der Waals surface area (Å²) < 4.78 is 0. The van der Waals surface area contributed by atoms with Gasteiger partial charge in [0.1, 0.15) is 0 Å². The minimum Gasteiger partial charge on any atom is -0.481 e. The monoisotopic (exact) mass is 279 g/mol. The van der Waals surface area contributed by atoms with E-state index in [1.54, 1.807) is 6.92 Å². The number of hydrogen-bond donors (Lipinski definition) is 3. The molecule has 0 unspecified atom stereocenters. The number of aliphatic carboxylic acids is 1. The van der Waals surface area contributed by atoms with E-state index >= 15 is 0 Å². The molecule has 0 atom stereocenters. The zero-order valence-corrected chi connectivity index (χ0v) is 11.9. The predicted octanol–water partition coefficient (Wildman–Crippen LogP) is 1.73. The van der Waals surface area contributed by atoms with Crippen LogP contribution in [0.3, 0.4) is 0 Å². The Kier molecular flexibility index (Phi) is 4.11. The molecule has 2 rings (SSSR count). The number of aromatic amines is 1. The first-order valence-corrected chi connectivity index (χ1v) is 6.96. The number of carboxylic acids is 1. The molecule has 1 aromatic rings. The Morgan fingerprint density at radius 2 is 2.15 bits per heavy atom. The largest absolute Gasteiger partial charge is 0.481 e. The van der Waals surface area contributed by atoms with E-state index < -0.39 is 11.4 Å². The number of hydrogen-bond acceptors (Lipinski definition) is 3. The molecule has 3 N–H and O–H groups in total. The number of aryl methyl sites for hydroxylation is 1. The van der Waals surface area contributed by atoms with E-state index in [-0.39, 0.29) is 12.5 Å². The summed E-state index contributed by atoms with van der Waals surface area (Å²) in [6.45, 7) is 4.08. The fourth-order valence-electron chi connectivity index (χ4n) is 2.71. The molecule has 1 aromatic heterocycles. The zero-order valence-electron chi connectivity index (χ0n) is 11.9. The molecule has 20 heavy (non-hydrogen) atoms. The van der Waals surface area contributed by atoms with Crippen molar-refractivity contribution in [2.45, 2.75) is 39.5 Å². The van der Waals surface area contributed by atoms with Crippen molar-refractivity contribution in [3.8, 4) is 0 Å². The van der Waals surface area contributed by atoms with Gasteiger partial charge in [0.2, 0.25) is 0 Å². The van der Waals surface area contributed by atoms with Crippen LogP contribution in [0.15, 0.2) is 6.20 Å². The summed E-state index contributed by atoms with van der Waals surface area (Å²) in [6, 6.07) is 0. The second kappa shape index (κ2) is 5.64. The van der Waals surface area contributed by atoms with Crippen molar-refractivity contribution in [3.05, 3.63) is 17.5 Å². The minimum atomic E-state index is -0.820. The van der Waals surface area contributed by atoms with Crippen LogP contribution < -0.4 is 5.32 Å². The molecule has 1 aliphatic carbocycles. The molecular formula is C14H21N3O3. The summed E-state index contributed by atoms with van der Waals surface area (Å²) in [5, 5.41) is 18.8. The van der Waals surface area contributed by atoms with E-state index in [0.29, 0.717) is 30.0 Å². The van der Waals surface area contributed by atoms with Crippen LogP contribution >= 0.6 is 0 Å². The summed E-state index contributed by atoms with van der Waals surface area (Å²) in [5.74, 6) is -0.515. The van der Waals surface area contributed by atoms with Crippen molar-refractivity contribution in [2.75, 3.05) is 6.54 Å². The Hall–Kier alpha value is -1.85. The maximum atomic E-state index is 12.0. The third kappa shape index (κ3) is 2.84. The molecule has 0 spiro atoms. The molecule has 6 heteroatoms. The highest BCUT2D eigenvalue weighted by atomic mass is 16.4. The quantitative estimate of drug-likeness (QED) is 0.782. The molecule has 1 heterocycles. The van der Waals surface area contributed by atoms with Gasteiger partial charge in [0.05, 0.1) is 17.2 Å². The van der Waals surface area contributed by atoms with Gasteiger partial charge in [-0.1, -0.05) is 6.92 Å². The lowest BCUT2D eigenvalue weighted by Gasteiger charge is -2.35. The third-order valence-corrected chi connectivity index (χ3v) is 4.35. The second-order valence-corrected chi connectivity index (χ2v) is 5.86. The smallest absolute Gasteiger partial charge is 0.311 e. The van der Waals surface area contributed by atoms with Crippen LogP contribution in [0, 0.1) is 18.3 Å². The molecule has 0 aromatic carbocycles. The van der Waals surface area contributed by atoms with E-state index in [4.69, 9.17) is 0 Å². The van der Waals surface area contributed by atoms with Crippen LogP contribution in [0.5, 0.6) is 0 Å². The topological polar surface area (TPSA) is 95.1 Å². The summed E-state index contributed by atoms with van der Waals surface area (Å²) >= 11 is 0. The molecular weight excluding hydrogens is 258 g/mol. The lowest BCUT2D eigenvalue weighted by atomic mass is 9.71. The van der Waals surface area contributed by atoms with Gasteiger partial charge in [0.25, 0.3) is 5.91 Å². The van der Waals surface area contributed by atoms with E-state index in [1.165, 1.54) is 6.20 Å². The number of nitrogens with one attached hydrogen (secondary N) is 2. The van der Waals surface area contributed by atoms with Crippen LogP contribution in [0.4, 0.5) is 0 Å². The second-order valence-electron chi connectivity index (χ2n) is 5.86. The normalized spacial score (nSPS) is 26.2. The molecule has 0 saturated heterocycles. The van der Waals surface area contributed by atoms with Gasteiger partial charge >= 0.3 is 5.97 Å². The first-order valence-electron chi connectivity index (χ1n) is 6.96. The third-order valence-electron chi connectivity index (χ3n) is 4.35. The summed E-state index contributed by atoms with van der Waals surface area (Å²) in [5.41, 5.74) is 0.332. The van der Waals surface area contributed by atoms with Crippen LogP contribution in [0.1, 0.15) is 48.7 Å². The van der Waals surface area contributed by atoms with Crippen LogP contribution in [-0.4, -0.2) is 33.7 Å². The Morgan fingerprint density at radius 1 is 1.50 bits per heavy atom. The van der Waals surface area contributed by atoms with Crippen molar-refractivity contribution >= 4 is 11.9 Å². The van der Waals surface area contributed by atoms with Crippen molar-refractivity contribution in [1.29, 1.82) is 0 Å². The maximum absolute atomic E-state index is 12.0. The van der Waals surface area contributed by atoms with Crippen molar-refractivity contribution < 1.29 is 14.7 Å². The molecule has 6 nitrogen and oxygen atoms in total. The fraction of sp³-hybridized carbons (Fsp3) is 0.643. The molecule has 0 aliphatic heterocycles. The van der Waals surface area contributed by atoms with E-state index in [9.17, 15) is 14.7 Å². The van der Waals surface area contributed by atoms with Gasteiger partial charge in [0.15, 0.2) is 0 Å². The lowest BCUT2D eigenvalue weighted by molar-refractivity contribution is -0.151. The van der Waals surface area contributed by atoms with Crippen molar-refractivity contribution in [2.24, 2.45) is 11.3 Å². The van der Waals surface area contributed by atoms with Gasteiger partial charge in [-0.25, -0.2) is 0 Å². The van der Waals surface area contributed by atoms with Gasteiger partial charge < -0.3 is 10.4 Å². The SMILES string of the molecule is Cc1[nH]ncc1C(=O)NCC1(C(=O)O)CCC(C)CC1. The number of rotatable bonds is 4. The average Bonchev–Trinajstić information content (AvgIpc) is 2.84. The Bertz CT molecular complexity index is 502. The number of H-pyrrole nitrogens is 1. The molecule has 1 fully saturated rings. The van der Waals surface area contributed by atoms with Crippen molar-refractivity contribution in [1.82, 2.24) is 15.5 Å². The first kappa shape index (κ1) is 14.6. The molecule has 0 bridgehead atoms. The van der Waals surface area contributed by atoms with Crippen molar-refractivity contribution in [3.63, 3.8) is 0 Å². The summed E-state index contributed by atoms with van der Waals surface area (Å²) in [7, 11) is 0. The highest BCUT2D eigenvalue weighted by Gasteiger charge is 2.41. The standard InChI is InChI=1S/C14H21N3O3/c1-9-3-5-14(6-4-9,13(19)20)8-15-12(18)11-7-16-17-10(11)2/h7,9H,3-6,8H2,1-2H3,(H,15,18)(H,16,17)(H,19,20). The number of aromatic nitrogens is 2. The van der Waals surface area contributed by atoms with Crippen LogP contribution in [0.2, 0.25) is 0 Å². The Labute approximate surface area is 118 Å². The number of carbonyl (C=O) groups is 2.